The summed E-state index contributed by atoms with van der Waals surface area (Å²) in [6.45, 7) is 2.08. The molecule has 1 aliphatic rings. The zero-order valence-electron chi connectivity index (χ0n) is 9.09. The Balaban J connectivity index is 2.55. The Bertz CT molecular complexity index is 214. The summed E-state index contributed by atoms with van der Waals surface area (Å²) in [6, 6.07) is 0. The van der Waals surface area contributed by atoms with Crippen molar-refractivity contribution in [2.24, 2.45) is 11.7 Å². The average Bonchev–Trinajstić information content (AvgIpc) is 2.18. The summed E-state index contributed by atoms with van der Waals surface area (Å²) in [5, 5.41) is 0. The predicted molar refractivity (Wildman–Crippen MR) is 58.8 cm³/mol. The van der Waals surface area contributed by atoms with Crippen molar-refractivity contribution in [3.05, 3.63) is 11.6 Å². The van der Waals surface area contributed by atoms with Crippen LogP contribution in [0.3, 0.4) is 0 Å². The smallest absolute Gasteiger partial charge is 0.244 e. The highest BCUT2D eigenvalue weighted by atomic mass is 16.1. The molecule has 0 aliphatic heterocycles. The molecule has 1 aliphatic carbocycles. The largest absolute Gasteiger partial charge is 0.366 e. The van der Waals surface area contributed by atoms with Crippen molar-refractivity contribution in [1.29, 1.82) is 0 Å². The van der Waals surface area contributed by atoms with Gasteiger partial charge in [-0.3, -0.25) is 4.79 Å². The molecule has 0 atom stereocenters. The Morgan fingerprint density at radius 1 is 1.36 bits per heavy atom. The monoisotopic (exact) mass is 195 g/mol. The fraction of sp³-hybridized carbons (Fsp3) is 0.750. The van der Waals surface area contributed by atoms with Crippen molar-refractivity contribution < 1.29 is 4.79 Å². The van der Waals surface area contributed by atoms with Crippen LogP contribution in [0.1, 0.15) is 51.9 Å². The average molecular weight is 195 g/mol. The van der Waals surface area contributed by atoms with Gasteiger partial charge < -0.3 is 5.73 Å². The molecule has 2 N–H and O–H groups in total. The van der Waals surface area contributed by atoms with Crippen LogP contribution in [0.5, 0.6) is 0 Å². The number of amides is 1. The van der Waals surface area contributed by atoms with Crippen LogP contribution in [-0.2, 0) is 4.79 Å². The maximum atomic E-state index is 11.1. The van der Waals surface area contributed by atoms with Gasteiger partial charge in [-0.25, -0.2) is 0 Å². The molecular formula is C12H21NO. The number of carbonyl (C=O) groups excluding carboxylic acids is 1. The Hall–Kier alpha value is -0.790. The van der Waals surface area contributed by atoms with Crippen molar-refractivity contribution in [3.63, 3.8) is 0 Å². The Morgan fingerprint density at radius 3 is 2.50 bits per heavy atom. The van der Waals surface area contributed by atoms with Crippen LogP contribution >= 0.6 is 0 Å². The van der Waals surface area contributed by atoms with Gasteiger partial charge in [0.05, 0.1) is 0 Å². The summed E-state index contributed by atoms with van der Waals surface area (Å²) in [5.74, 6) is 0.384. The highest BCUT2D eigenvalue weighted by Crippen LogP contribution is 2.26. The van der Waals surface area contributed by atoms with Crippen LogP contribution in [0, 0.1) is 5.92 Å². The van der Waals surface area contributed by atoms with Gasteiger partial charge >= 0.3 is 0 Å². The second kappa shape index (κ2) is 5.84. The molecule has 1 rings (SSSR count). The van der Waals surface area contributed by atoms with Gasteiger partial charge in [-0.15, -0.1) is 0 Å². The summed E-state index contributed by atoms with van der Waals surface area (Å²) < 4.78 is 0. The van der Waals surface area contributed by atoms with E-state index in [1.165, 1.54) is 32.1 Å². The molecule has 0 radical (unpaired) electrons. The van der Waals surface area contributed by atoms with E-state index < -0.39 is 0 Å². The third-order valence-corrected chi connectivity index (χ3v) is 2.92. The lowest BCUT2D eigenvalue weighted by Crippen LogP contribution is -2.16. The number of carbonyl (C=O) groups is 1. The van der Waals surface area contributed by atoms with E-state index in [1.54, 1.807) is 0 Å². The van der Waals surface area contributed by atoms with Crippen molar-refractivity contribution in [1.82, 2.24) is 0 Å². The first-order valence-corrected chi connectivity index (χ1v) is 5.74. The van der Waals surface area contributed by atoms with Crippen LogP contribution in [-0.4, -0.2) is 5.91 Å². The molecule has 0 saturated heterocycles. The number of allylic oxidation sites excluding steroid dienone is 1. The molecule has 1 saturated carbocycles. The van der Waals surface area contributed by atoms with E-state index in [0.717, 1.165) is 18.4 Å². The van der Waals surface area contributed by atoms with Crippen molar-refractivity contribution >= 4 is 5.91 Å². The van der Waals surface area contributed by atoms with Crippen LogP contribution in [0.4, 0.5) is 0 Å². The van der Waals surface area contributed by atoms with E-state index in [9.17, 15) is 4.79 Å². The number of hydrogen-bond donors (Lipinski definition) is 1. The van der Waals surface area contributed by atoms with Gasteiger partial charge in [0.1, 0.15) is 0 Å². The molecule has 2 nitrogen and oxygen atoms in total. The van der Waals surface area contributed by atoms with E-state index in [2.05, 4.69) is 13.0 Å². The molecule has 2 heteroatoms. The van der Waals surface area contributed by atoms with E-state index >= 15 is 0 Å². The van der Waals surface area contributed by atoms with Gasteiger partial charge in [0.15, 0.2) is 0 Å². The summed E-state index contributed by atoms with van der Waals surface area (Å²) in [6.07, 6.45) is 10.4. The minimum atomic E-state index is -0.225. The minimum absolute atomic E-state index is 0.225. The molecule has 1 fully saturated rings. The van der Waals surface area contributed by atoms with Gasteiger partial charge in [-0.05, 0) is 25.2 Å². The van der Waals surface area contributed by atoms with Crippen LogP contribution in [0.15, 0.2) is 11.6 Å². The molecule has 1 amide bonds. The first-order valence-electron chi connectivity index (χ1n) is 5.74. The molecule has 14 heavy (non-hydrogen) atoms. The van der Waals surface area contributed by atoms with Crippen molar-refractivity contribution in [2.45, 2.75) is 51.9 Å². The summed E-state index contributed by atoms with van der Waals surface area (Å²) in [4.78, 5) is 11.1. The minimum Gasteiger partial charge on any atom is -0.366 e. The number of primary amides is 1. The third kappa shape index (κ3) is 3.52. The van der Waals surface area contributed by atoms with Crippen molar-refractivity contribution in [2.75, 3.05) is 0 Å². The standard InChI is InChI=1S/C12H21NO/c1-2-6-11(12(13)14)9-10-7-4-3-5-8-10/h9-10H,2-8H2,1H3,(H2,13,14). The van der Waals surface area contributed by atoms with E-state index in [4.69, 9.17) is 5.73 Å². The van der Waals surface area contributed by atoms with Gasteiger partial charge in [0, 0.05) is 5.57 Å². The van der Waals surface area contributed by atoms with Crippen LogP contribution in [0.2, 0.25) is 0 Å². The van der Waals surface area contributed by atoms with E-state index in [1.807, 2.05) is 0 Å². The van der Waals surface area contributed by atoms with Gasteiger partial charge in [-0.2, -0.15) is 0 Å². The molecule has 0 aromatic carbocycles. The quantitative estimate of drug-likeness (QED) is 0.689. The first-order chi connectivity index (χ1) is 6.74. The molecule has 0 spiro atoms. The summed E-state index contributed by atoms with van der Waals surface area (Å²) >= 11 is 0. The molecule has 0 bridgehead atoms. The van der Waals surface area contributed by atoms with Crippen LogP contribution in [0.25, 0.3) is 0 Å². The molecule has 0 aromatic heterocycles. The van der Waals surface area contributed by atoms with Gasteiger partial charge in [-0.1, -0.05) is 38.7 Å². The molecule has 0 unspecified atom stereocenters. The summed E-state index contributed by atoms with van der Waals surface area (Å²) in [5.41, 5.74) is 6.18. The predicted octanol–water partition coefficient (Wildman–Crippen LogP) is 2.78. The Morgan fingerprint density at radius 2 is 2.00 bits per heavy atom. The molecular weight excluding hydrogens is 174 g/mol. The van der Waals surface area contributed by atoms with Gasteiger partial charge in [0.25, 0.3) is 0 Å². The fourth-order valence-corrected chi connectivity index (χ4v) is 2.14. The lowest BCUT2D eigenvalue weighted by atomic mass is 9.87. The second-order valence-corrected chi connectivity index (χ2v) is 4.20. The zero-order valence-corrected chi connectivity index (χ0v) is 9.09. The maximum absolute atomic E-state index is 11.1. The highest BCUT2D eigenvalue weighted by molar-refractivity contribution is 5.91. The summed E-state index contributed by atoms with van der Waals surface area (Å²) in [7, 11) is 0. The fourth-order valence-electron chi connectivity index (χ4n) is 2.14. The SMILES string of the molecule is CCCC(=CC1CCCCC1)C(N)=O. The molecule has 80 valence electrons. The van der Waals surface area contributed by atoms with Crippen LogP contribution < -0.4 is 5.73 Å². The lowest BCUT2D eigenvalue weighted by Gasteiger charge is -2.19. The Kier molecular flexibility index (Phi) is 4.71. The zero-order chi connectivity index (χ0) is 10.4. The van der Waals surface area contributed by atoms with E-state index in [0.29, 0.717) is 5.92 Å². The topological polar surface area (TPSA) is 43.1 Å². The highest BCUT2D eigenvalue weighted by Gasteiger charge is 2.13. The molecule has 0 heterocycles. The molecule has 0 aromatic rings. The van der Waals surface area contributed by atoms with Gasteiger partial charge in [0.2, 0.25) is 5.91 Å². The third-order valence-electron chi connectivity index (χ3n) is 2.92. The number of hydrogen-bond acceptors (Lipinski definition) is 1. The number of rotatable bonds is 4. The lowest BCUT2D eigenvalue weighted by molar-refractivity contribution is -0.114. The Labute approximate surface area is 86.6 Å². The first kappa shape index (κ1) is 11.3. The second-order valence-electron chi connectivity index (χ2n) is 4.20. The maximum Gasteiger partial charge on any atom is 0.244 e. The normalized spacial score (nSPS) is 19.6. The van der Waals surface area contributed by atoms with E-state index in [-0.39, 0.29) is 5.91 Å². The van der Waals surface area contributed by atoms with Crippen molar-refractivity contribution in [3.8, 4) is 0 Å². The number of nitrogens with two attached hydrogens (primary N) is 1.